The molecule has 1 aliphatic carbocycles. The van der Waals surface area contributed by atoms with Gasteiger partial charge in [0.15, 0.2) is 0 Å². The minimum atomic E-state index is -3.57. The molecule has 3 aliphatic rings. The zero-order valence-corrected chi connectivity index (χ0v) is 26.3. The minimum absolute atomic E-state index is 0.152. The fraction of sp³-hybridized carbons (Fsp3) is 0.424. The predicted molar refractivity (Wildman–Crippen MR) is 160 cm³/mol. The van der Waals surface area contributed by atoms with Crippen LogP contribution < -0.4 is 0 Å². The SMILES string of the molecule is Cn1cc(-c2ccc3c(c2)CCC32OC(=O)N(CC(=O)N(Cc3ccc(F)cc3)C3CN(C(=O)OC(C)(C)C)CC3(F)F)C2=O)cn1. The van der Waals surface area contributed by atoms with Crippen molar-refractivity contribution in [1.82, 2.24) is 24.5 Å². The number of aromatic nitrogens is 2. The lowest BCUT2D eigenvalue weighted by molar-refractivity contribution is -0.147. The van der Waals surface area contributed by atoms with Crippen molar-refractivity contribution in [3.05, 3.63) is 77.4 Å². The standard InChI is InChI=1S/C33H34F3N5O6/c1-31(2,3)46-29(44)39-17-26(33(35,36)19-39)40(15-20-5-8-24(34)9-6-20)27(42)18-41-28(43)32(47-30(41)45)12-11-22-13-21(7-10-25(22)32)23-14-37-38(4)16-23/h5-10,13-14,16,26H,11-12,15,17-19H2,1-4H3. The largest absolute Gasteiger partial charge is 0.444 e. The first-order chi connectivity index (χ1) is 22.1. The molecule has 4 amide bonds. The molecule has 2 aromatic carbocycles. The van der Waals surface area contributed by atoms with E-state index in [-0.39, 0.29) is 6.42 Å². The number of benzene rings is 2. The number of imide groups is 1. The van der Waals surface area contributed by atoms with Gasteiger partial charge in [0.1, 0.15) is 24.0 Å². The number of halogens is 3. The van der Waals surface area contributed by atoms with Gasteiger partial charge in [0.05, 0.1) is 19.3 Å². The van der Waals surface area contributed by atoms with Gasteiger partial charge in [-0.15, -0.1) is 0 Å². The highest BCUT2D eigenvalue weighted by molar-refractivity contribution is 6.06. The first-order valence-corrected chi connectivity index (χ1v) is 15.1. The van der Waals surface area contributed by atoms with Crippen LogP contribution in [0.2, 0.25) is 0 Å². The number of likely N-dealkylation sites (tertiary alicyclic amines) is 1. The van der Waals surface area contributed by atoms with E-state index in [4.69, 9.17) is 9.47 Å². The summed E-state index contributed by atoms with van der Waals surface area (Å²) in [6, 6.07) is 8.52. The Bertz CT molecular complexity index is 1750. The molecule has 1 spiro atoms. The van der Waals surface area contributed by atoms with Gasteiger partial charge in [-0.1, -0.05) is 30.3 Å². The number of ether oxygens (including phenoxy) is 2. The van der Waals surface area contributed by atoms with Crippen LogP contribution in [-0.4, -0.2) is 85.7 Å². The van der Waals surface area contributed by atoms with Crippen LogP contribution in [0.1, 0.15) is 43.9 Å². The van der Waals surface area contributed by atoms with Gasteiger partial charge in [-0.3, -0.25) is 19.2 Å². The van der Waals surface area contributed by atoms with Crippen LogP contribution in [0.25, 0.3) is 11.1 Å². The molecule has 6 rings (SSSR count). The number of hydrogen-bond acceptors (Lipinski definition) is 7. The monoisotopic (exact) mass is 653 g/mol. The molecule has 3 heterocycles. The summed E-state index contributed by atoms with van der Waals surface area (Å²) in [5.41, 5.74) is 0.767. The van der Waals surface area contributed by atoms with Gasteiger partial charge in [0.25, 0.3) is 11.8 Å². The third-order valence-corrected chi connectivity index (χ3v) is 8.59. The van der Waals surface area contributed by atoms with E-state index in [1.807, 2.05) is 12.3 Å². The molecule has 47 heavy (non-hydrogen) atoms. The van der Waals surface area contributed by atoms with Crippen molar-refractivity contribution in [3.8, 4) is 11.1 Å². The molecule has 0 N–H and O–H groups in total. The summed E-state index contributed by atoms with van der Waals surface area (Å²) in [4.78, 5) is 55.9. The van der Waals surface area contributed by atoms with Crippen molar-refractivity contribution >= 4 is 24.0 Å². The molecule has 0 saturated carbocycles. The maximum absolute atomic E-state index is 15.6. The lowest BCUT2D eigenvalue weighted by atomic mass is 9.93. The molecule has 2 aliphatic heterocycles. The van der Waals surface area contributed by atoms with Crippen LogP contribution >= 0.6 is 0 Å². The fourth-order valence-corrected chi connectivity index (χ4v) is 6.35. The molecule has 14 heteroatoms. The summed E-state index contributed by atoms with van der Waals surface area (Å²) in [5.74, 6) is -5.87. The Hall–Kier alpha value is -4.88. The topological polar surface area (TPSA) is 114 Å². The van der Waals surface area contributed by atoms with E-state index in [1.165, 1.54) is 12.1 Å². The van der Waals surface area contributed by atoms with Crippen molar-refractivity contribution in [2.24, 2.45) is 7.05 Å². The molecule has 0 bridgehead atoms. The third kappa shape index (κ3) is 6.03. The first kappa shape index (κ1) is 32.1. The summed E-state index contributed by atoms with van der Waals surface area (Å²) in [6.07, 6.45) is 2.09. The van der Waals surface area contributed by atoms with Crippen molar-refractivity contribution in [3.63, 3.8) is 0 Å². The van der Waals surface area contributed by atoms with Gasteiger partial charge in [-0.2, -0.15) is 5.10 Å². The van der Waals surface area contributed by atoms with Crippen molar-refractivity contribution in [1.29, 1.82) is 0 Å². The number of fused-ring (bicyclic) bond motifs is 2. The second-order valence-corrected chi connectivity index (χ2v) is 13.1. The summed E-state index contributed by atoms with van der Waals surface area (Å²) in [5, 5.41) is 4.19. The van der Waals surface area contributed by atoms with Gasteiger partial charge in [-0.25, -0.2) is 27.7 Å². The van der Waals surface area contributed by atoms with Gasteiger partial charge >= 0.3 is 12.2 Å². The molecule has 2 saturated heterocycles. The van der Waals surface area contributed by atoms with Gasteiger partial charge < -0.3 is 14.4 Å². The molecule has 2 unspecified atom stereocenters. The van der Waals surface area contributed by atoms with Gasteiger partial charge in [0, 0.05) is 37.3 Å². The Morgan fingerprint density at radius 1 is 1.11 bits per heavy atom. The number of carbonyl (C=O) groups is 4. The van der Waals surface area contributed by atoms with Crippen LogP contribution in [0.4, 0.5) is 22.8 Å². The smallest absolute Gasteiger partial charge is 0.418 e. The Morgan fingerprint density at radius 2 is 1.83 bits per heavy atom. The second-order valence-electron chi connectivity index (χ2n) is 13.1. The van der Waals surface area contributed by atoms with E-state index in [0.717, 1.165) is 38.6 Å². The molecule has 0 radical (unpaired) electrons. The molecule has 2 atom stereocenters. The highest BCUT2D eigenvalue weighted by atomic mass is 19.3. The van der Waals surface area contributed by atoms with E-state index >= 15 is 8.78 Å². The molecular weight excluding hydrogens is 619 g/mol. The van der Waals surface area contributed by atoms with Crippen molar-refractivity contribution in [2.45, 2.75) is 63.3 Å². The van der Waals surface area contributed by atoms with Crippen LogP contribution in [0.15, 0.2) is 54.9 Å². The van der Waals surface area contributed by atoms with Crippen LogP contribution in [0, 0.1) is 5.82 Å². The van der Waals surface area contributed by atoms with E-state index in [0.29, 0.717) is 22.4 Å². The van der Waals surface area contributed by atoms with E-state index < -0.39 is 79.2 Å². The van der Waals surface area contributed by atoms with Gasteiger partial charge in [-0.05, 0) is 56.0 Å². The molecule has 11 nitrogen and oxygen atoms in total. The van der Waals surface area contributed by atoms with E-state index in [1.54, 1.807) is 50.8 Å². The Morgan fingerprint density at radius 3 is 2.49 bits per heavy atom. The molecule has 3 aromatic rings. The molecular formula is C33H34F3N5O6. The number of nitrogens with zero attached hydrogens (tertiary/aromatic N) is 5. The lowest BCUT2D eigenvalue weighted by Crippen LogP contribution is -2.53. The summed E-state index contributed by atoms with van der Waals surface area (Å²) in [7, 11) is 1.80. The zero-order chi connectivity index (χ0) is 33.9. The number of carbonyl (C=O) groups excluding carboxylic acids is 4. The Kier molecular flexibility index (Phi) is 7.80. The minimum Gasteiger partial charge on any atom is -0.444 e. The maximum atomic E-state index is 15.6. The number of aryl methyl sites for hydroxylation is 2. The summed E-state index contributed by atoms with van der Waals surface area (Å²) in [6.45, 7) is 1.95. The third-order valence-electron chi connectivity index (χ3n) is 8.59. The lowest BCUT2D eigenvalue weighted by Gasteiger charge is -2.33. The second kappa shape index (κ2) is 11.4. The van der Waals surface area contributed by atoms with E-state index in [9.17, 15) is 23.6 Å². The number of alkyl halides is 2. The number of hydrogen-bond donors (Lipinski definition) is 0. The zero-order valence-electron chi connectivity index (χ0n) is 26.3. The van der Waals surface area contributed by atoms with Gasteiger partial charge in [0.2, 0.25) is 11.5 Å². The predicted octanol–water partition coefficient (Wildman–Crippen LogP) is 4.63. The maximum Gasteiger partial charge on any atom is 0.418 e. The fourth-order valence-electron chi connectivity index (χ4n) is 6.35. The highest BCUT2D eigenvalue weighted by Crippen LogP contribution is 2.46. The quantitative estimate of drug-likeness (QED) is 0.381. The average Bonchev–Trinajstić information content (AvgIpc) is 3.73. The normalized spacial score (nSPS) is 21.7. The van der Waals surface area contributed by atoms with Crippen molar-refractivity contribution in [2.75, 3.05) is 19.6 Å². The van der Waals surface area contributed by atoms with Crippen molar-refractivity contribution < 1.29 is 41.8 Å². The van der Waals surface area contributed by atoms with Crippen LogP contribution in [0.3, 0.4) is 0 Å². The highest BCUT2D eigenvalue weighted by Gasteiger charge is 2.59. The molecule has 1 aromatic heterocycles. The Balaban J connectivity index is 1.25. The van der Waals surface area contributed by atoms with Crippen LogP contribution in [0.5, 0.6) is 0 Å². The van der Waals surface area contributed by atoms with Crippen LogP contribution in [-0.2, 0) is 44.7 Å². The number of amides is 4. The summed E-state index contributed by atoms with van der Waals surface area (Å²) < 4.78 is 57.4. The summed E-state index contributed by atoms with van der Waals surface area (Å²) >= 11 is 0. The molecule has 248 valence electrons. The first-order valence-electron chi connectivity index (χ1n) is 15.1. The average molecular weight is 654 g/mol. The van der Waals surface area contributed by atoms with E-state index in [2.05, 4.69) is 5.10 Å². The molecule has 2 fully saturated rings. The Labute approximate surface area is 268 Å². The number of rotatable bonds is 6.